The topological polar surface area (TPSA) is 60.5 Å². The second-order valence-corrected chi connectivity index (χ2v) is 2.57. The summed E-state index contributed by atoms with van der Waals surface area (Å²) in [5, 5.41) is 10.5. The van der Waals surface area contributed by atoms with Crippen molar-refractivity contribution >= 4 is 11.4 Å². The van der Waals surface area contributed by atoms with Crippen LogP contribution in [-0.4, -0.2) is 19.0 Å². The summed E-state index contributed by atoms with van der Waals surface area (Å²) in [5.41, 5.74) is 0.682. The number of hydrogen-bond donors (Lipinski definition) is 0. The molecule has 0 aliphatic rings. The molecule has 0 saturated carbocycles. The first kappa shape index (κ1) is 8.45. The molecule has 0 aliphatic heterocycles. The number of aromatic amines is 1. The van der Waals surface area contributed by atoms with E-state index in [9.17, 15) is 10.1 Å². The Morgan fingerprint density at radius 1 is 1.58 bits per heavy atom. The van der Waals surface area contributed by atoms with E-state index in [0.717, 1.165) is 0 Å². The molecule has 0 atom stereocenters. The van der Waals surface area contributed by atoms with Gasteiger partial charge in [0.1, 0.15) is 5.69 Å². The zero-order chi connectivity index (χ0) is 9.14. The van der Waals surface area contributed by atoms with Gasteiger partial charge in [-0.3, -0.25) is 10.1 Å². The molecule has 1 rings (SSSR count). The molecular formula is C7H10N3O2+. The van der Waals surface area contributed by atoms with Crippen molar-refractivity contribution in [3.05, 3.63) is 28.6 Å². The van der Waals surface area contributed by atoms with Gasteiger partial charge < -0.3 is 4.90 Å². The summed E-state index contributed by atoms with van der Waals surface area (Å²) in [4.78, 5) is 14.4. The molecule has 0 amide bonds. The van der Waals surface area contributed by atoms with Gasteiger partial charge in [-0.05, 0) is 0 Å². The molecule has 0 bridgehead atoms. The maximum absolute atomic E-state index is 10.5. The third kappa shape index (κ3) is 1.50. The molecule has 5 nitrogen and oxygen atoms in total. The van der Waals surface area contributed by atoms with Crippen LogP contribution in [0.25, 0.3) is 0 Å². The summed E-state index contributed by atoms with van der Waals surface area (Å²) in [5.74, 6) is 0. The Morgan fingerprint density at radius 3 is 2.67 bits per heavy atom. The Kier molecular flexibility index (Phi) is 2.23. The predicted octanol–water partition coefficient (Wildman–Crippen LogP) is 0.475. The molecule has 12 heavy (non-hydrogen) atoms. The summed E-state index contributed by atoms with van der Waals surface area (Å²) in [6.45, 7) is 0. The van der Waals surface area contributed by atoms with E-state index < -0.39 is 4.92 Å². The summed E-state index contributed by atoms with van der Waals surface area (Å²) < 4.78 is 0. The molecule has 1 N–H and O–H groups in total. The normalized spacial score (nSPS) is 9.50. The van der Waals surface area contributed by atoms with Crippen LogP contribution in [0.2, 0.25) is 0 Å². The lowest BCUT2D eigenvalue weighted by Crippen LogP contribution is -2.13. The molecular weight excluding hydrogens is 158 g/mol. The average molecular weight is 168 g/mol. The minimum Gasteiger partial charge on any atom is -0.372 e. The number of nitrogens with one attached hydrogen (secondary N) is 1. The predicted molar refractivity (Wildman–Crippen MR) is 44.0 cm³/mol. The Labute approximate surface area is 69.8 Å². The van der Waals surface area contributed by atoms with Crippen molar-refractivity contribution in [2.45, 2.75) is 0 Å². The van der Waals surface area contributed by atoms with Crippen LogP contribution < -0.4 is 9.88 Å². The zero-order valence-corrected chi connectivity index (χ0v) is 6.94. The van der Waals surface area contributed by atoms with Gasteiger partial charge in [0, 0.05) is 20.2 Å². The van der Waals surface area contributed by atoms with Crippen molar-refractivity contribution in [2.75, 3.05) is 19.0 Å². The van der Waals surface area contributed by atoms with E-state index in [-0.39, 0.29) is 5.69 Å². The fourth-order valence-electron chi connectivity index (χ4n) is 0.938. The van der Waals surface area contributed by atoms with Crippen LogP contribution in [0.4, 0.5) is 11.4 Å². The number of nitrogens with zero attached hydrogens (tertiary/aromatic N) is 2. The van der Waals surface area contributed by atoms with Crippen molar-refractivity contribution in [3.63, 3.8) is 0 Å². The Hall–Kier alpha value is -1.65. The molecule has 0 aromatic carbocycles. The Balaban J connectivity index is 3.17. The van der Waals surface area contributed by atoms with Gasteiger partial charge >= 0.3 is 5.69 Å². The molecule has 64 valence electrons. The molecule has 0 saturated heterocycles. The molecule has 0 spiro atoms. The largest absolute Gasteiger partial charge is 0.372 e. The molecule has 1 heterocycles. The van der Waals surface area contributed by atoms with Crippen molar-refractivity contribution in [3.8, 4) is 0 Å². The number of hydrogen-bond acceptors (Lipinski definition) is 3. The third-order valence-corrected chi connectivity index (χ3v) is 1.50. The number of rotatable bonds is 2. The van der Waals surface area contributed by atoms with Gasteiger partial charge in [0.05, 0.1) is 4.92 Å². The standard InChI is InChI=1S/C7H9N3O2/c1-9(2)6-3-4-8-5-7(6)10(11)12/h3-5H,1-2H3/p+1. The molecule has 0 radical (unpaired) electrons. The molecule has 0 fully saturated rings. The monoisotopic (exact) mass is 168 g/mol. The van der Waals surface area contributed by atoms with Crippen molar-refractivity contribution < 1.29 is 9.91 Å². The van der Waals surface area contributed by atoms with Gasteiger partial charge in [-0.1, -0.05) is 0 Å². The van der Waals surface area contributed by atoms with Crippen LogP contribution in [0.15, 0.2) is 18.5 Å². The Morgan fingerprint density at radius 2 is 2.25 bits per heavy atom. The van der Waals surface area contributed by atoms with Crippen molar-refractivity contribution in [1.29, 1.82) is 0 Å². The van der Waals surface area contributed by atoms with E-state index in [1.54, 1.807) is 31.3 Å². The highest BCUT2D eigenvalue weighted by Gasteiger charge is 2.17. The number of anilines is 1. The molecule has 1 aromatic rings. The molecule has 5 heteroatoms. The lowest BCUT2D eigenvalue weighted by molar-refractivity contribution is -0.419. The van der Waals surface area contributed by atoms with Crippen LogP contribution in [0.3, 0.4) is 0 Å². The lowest BCUT2D eigenvalue weighted by Gasteiger charge is -2.09. The van der Waals surface area contributed by atoms with Gasteiger partial charge in [-0.25, -0.2) is 4.98 Å². The molecule has 0 aliphatic carbocycles. The van der Waals surface area contributed by atoms with Crippen molar-refractivity contribution in [1.82, 2.24) is 0 Å². The fourth-order valence-corrected chi connectivity index (χ4v) is 0.938. The van der Waals surface area contributed by atoms with Gasteiger partial charge in [0.25, 0.3) is 0 Å². The highest BCUT2D eigenvalue weighted by molar-refractivity contribution is 5.59. The maximum Gasteiger partial charge on any atom is 0.355 e. The summed E-state index contributed by atoms with van der Waals surface area (Å²) in [6.07, 6.45) is 3.03. The van der Waals surface area contributed by atoms with E-state index >= 15 is 0 Å². The maximum atomic E-state index is 10.5. The van der Waals surface area contributed by atoms with E-state index in [2.05, 4.69) is 4.98 Å². The zero-order valence-electron chi connectivity index (χ0n) is 6.94. The van der Waals surface area contributed by atoms with E-state index in [0.29, 0.717) is 5.69 Å². The molecule has 0 unspecified atom stereocenters. The van der Waals surface area contributed by atoms with Crippen LogP contribution in [0.1, 0.15) is 0 Å². The summed E-state index contributed by atoms with van der Waals surface area (Å²) in [6, 6.07) is 1.66. The van der Waals surface area contributed by atoms with Gasteiger partial charge in [-0.2, -0.15) is 0 Å². The minimum atomic E-state index is -0.411. The average Bonchev–Trinajstić information content (AvgIpc) is 2.04. The van der Waals surface area contributed by atoms with Gasteiger partial charge in [-0.15, -0.1) is 0 Å². The lowest BCUT2D eigenvalue weighted by atomic mass is 10.3. The minimum absolute atomic E-state index is 0.0856. The number of H-pyrrole nitrogens is 1. The first-order chi connectivity index (χ1) is 5.63. The number of pyridine rings is 1. The number of aromatic nitrogens is 1. The van der Waals surface area contributed by atoms with E-state index in [1.165, 1.54) is 6.20 Å². The fraction of sp³-hybridized carbons (Fsp3) is 0.286. The van der Waals surface area contributed by atoms with Crippen LogP contribution >= 0.6 is 0 Å². The number of nitro groups is 1. The van der Waals surface area contributed by atoms with Gasteiger partial charge in [0.2, 0.25) is 6.20 Å². The second-order valence-electron chi connectivity index (χ2n) is 2.57. The quantitative estimate of drug-likeness (QED) is 0.476. The molecule has 1 aromatic heterocycles. The third-order valence-electron chi connectivity index (χ3n) is 1.50. The van der Waals surface area contributed by atoms with Crippen molar-refractivity contribution in [2.24, 2.45) is 0 Å². The van der Waals surface area contributed by atoms with E-state index in [4.69, 9.17) is 0 Å². The van der Waals surface area contributed by atoms with E-state index in [1.807, 2.05) is 0 Å². The Bertz CT molecular complexity index is 298. The van der Waals surface area contributed by atoms with Crippen LogP contribution in [-0.2, 0) is 0 Å². The van der Waals surface area contributed by atoms with Crippen LogP contribution in [0, 0.1) is 10.1 Å². The first-order valence-corrected chi connectivity index (χ1v) is 3.44. The van der Waals surface area contributed by atoms with Crippen LogP contribution in [0.5, 0.6) is 0 Å². The first-order valence-electron chi connectivity index (χ1n) is 3.44. The summed E-state index contributed by atoms with van der Waals surface area (Å²) in [7, 11) is 3.53. The highest BCUT2D eigenvalue weighted by Crippen LogP contribution is 2.22. The SMILES string of the molecule is CN(C)c1cc[nH+]cc1[N+](=O)[O-]. The highest BCUT2D eigenvalue weighted by atomic mass is 16.6. The second kappa shape index (κ2) is 3.17. The summed E-state index contributed by atoms with van der Waals surface area (Å²) >= 11 is 0. The smallest absolute Gasteiger partial charge is 0.355 e. The van der Waals surface area contributed by atoms with Gasteiger partial charge in [0.15, 0.2) is 6.20 Å².